The largest absolute Gasteiger partial charge is 0.399 e. The topological polar surface area (TPSA) is 80.5 Å². The number of benzene rings is 1. The van der Waals surface area contributed by atoms with Gasteiger partial charge in [0.1, 0.15) is 5.75 Å². The zero-order valence-corrected chi connectivity index (χ0v) is 8.91. The van der Waals surface area contributed by atoms with Gasteiger partial charge in [0, 0.05) is 18.3 Å². The second-order valence-corrected chi connectivity index (χ2v) is 5.42. The van der Waals surface area contributed by atoms with Gasteiger partial charge in [-0.2, -0.15) is 0 Å². The highest BCUT2D eigenvalue weighted by molar-refractivity contribution is 7.93. The van der Waals surface area contributed by atoms with Crippen LogP contribution in [0.25, 0.3) is 0 Å². The molecule has 1 aromatic rings. The Morgan fingerprint density at radius 3 is 2.73 bits per heavy atom. The molecule has 0 atom stereocenters. The van der Waals surface area contributed by atoms with Crippen molar-refractivity contribution in [1.82, 2.24) is 0 Å². The van der Waals surface area contributed by atoms with E-state index in [2.05, 4.69) is 0 Å². The van der Waals surface area contributed by atoms with Crippen molar-refractivity contribution < 1.29 is 13.2 Å². The number of sulfonamides is 1. The Kier molecular flexibility index (Phi) is 1.97. The summed E-state index contributed by atoms with van der Waals surface area (Å²) in [6, 6.07) is 4.63. The first-order valence-electron chi connectivity index (χ1n) is 4.31. The molecule has 2 rings (SSSR count). The third-order valence-corrected chi connectivity index (χ3v) is 4.05. The van der Waals surface area contributed by atoms with E-state index in [1.165, 1.54) is 13.1 Å². The standard InChI is InChI=1S/C9H10N2O3S/c1-11-8-4-6(10)2-3-7(8)9(12)5-15(11,13)14/h2-4H,5,10H2,1H3. The van der Waals surface area contributed by atoms with Gasteiger partial charge in [0.2, 0.25) is 10.0 Å². The number of carbonyl (C=O) groups is 1. The molecule has 1 aliphatic heterocycles. The number of nitrogens with two attached hydrogens (primary N) is 1. The lowest BCUT2D eigenvalue weighted by atomic mass is 10.1. The molecule has 0 saturated carbocycles. The molecule has 0 spiro atoms. The second-order valence-electron chi connectivity index (χ2n) is 3.42. The molecule has 0 fully saturated rings. The van der Waals surface area contributed by atoms with Crippen LogP contribution in [0.3, 0.4) is 0 Å². The van der Waals surface area contributed by atoms with Crippen LogP contribution in [0.1, 0.15) is 10.4 Å². The van der Waals surface area contributed by atoms with Crippen molar-refractivity contribution in [3.63, 3.8) is 0 Å². The summed E-state index contributed by atoms with van der Waals surface area (Å²) in [5.74, 6) is -0.858. The van der Waals surface area contributed by atoms with Crippen molar-refractivity contribution in [3.05, 3.63) is 23.8 Å². The van der Waals surface area contributed by atoms with Gasteiger partial charge in [0.25, 0.3) is 0 Å². The minimum absolute atomic E-state index is 0.353. The third kappa shape index (κ3) is 1.46. The average molecular weight is 226 g/mol. The molecule has 0 aromatic heterocycles. The summed E-state index contributed by atoms with van der Waals surface area (Å²) in [7, 11) is -2.10. The summed E-state index contributed by atoms with van der Waals surface area (Å²) in [5.41, 5.74) is 6.74. The lowest BCUT2D eigenvalue weighted by Gasteiger charge is -2.26. The van der Waals surface area contributed by atoms with Crippen LogP contribution in [0.5, 0.6) is 0 Å². The Morgan fingerprint density at radius 1 is 1.40 bits per heavy atom. The zero-order valence-electron chi connectivity index (χ0n) is 8.10. The van der Waals surface area contributed by atoms with E-state index in [1.54, 1.807) is 12.1 Å². The van der Waals surface area contributed by atoms with E-state index >= 15 is 0 Å². The maximum absolute atomic E-state index is 11.5. The van der Waals surface area contributed by atoms with Gasteiger partial charge in [-0.25, -0.2) is 8.42 Å². The van der Waals surface area contributed by atoms with E-state index in [0.717, 1.165) is 4.31 Å². The number of hydrogen-bond acceptors (Lipinski definition) is 4. The third-order valence-electron chi connectivity index (χ3n) is 2.39. The van der Waals surface area contributed by atoms with E-state index < -0.39 is 15.8 Å². The number of ketones is 1. The fourth-order valence-electron chi connectivity index (χ4n) is 1.54. The lowest BCUT2D eigenvalue weighted by Crippen LogP contribution is -2.37. The van der Waals surface area contributed by atoms with E-state index in [1.807, 2.05) is 0 Å². The Morgan fingerprint density at radius 2 is 2.07 bits per heavy atom. The average Bonchev–Trinajstić information content (AvgIpc) is 2.13. The minimum Gasteiger partial charge on any atom is -0.399 e. The molecule has 0 radical (unpaired) electrons. The van der Waals surface area contributed by atoms with Crippen molar-refractivity contribution in [2.24, 2.45) is 0 Å². The normalized spacial score (nSPS) is 18.7. The molecule has 0 amide bonds. The SMILES string of the molecule is CN1c2cc(N)ccc2C(=O)CS1(=O)=O. The number of Topliss-reactive ketones (excluding diaryl/α,β-unsaturated/α-hetero) is 1. The number of fused-ring (bicyclic) bond motifs is 1. The predicted molar refractivity (Wildman–Crippen MR) is 57.4 cm³/mol. The predicted octanol–water partition coefficient (Wildman–Crippen LogP) is 0.231. The highest BCUT2D eigenvalue weighted by atomic mass is 32.2. The van der Waals surface area contributed by atoms with Gasteiger partial charge in [-0.15, -0.1) is 0 Å². The summed E-state index contributed by atoms with van der Waals surface area (Å²) < 4.78 is 24.2. The number of nitrogens with zero attached hydrogens (tertiary/aromatic N) is 1. The maximum atomic E-state index is 11.5. The summed E-state index contributed by atoms with van der Waals surface area (Å²) in [6.07, 6.45) is 0. The number of nitrogen functional groups attached to an aromatic ring is 1. The molecule has 1 aliphatic rings. The molecule has 1 heterocycles. The molecule has 0 aliphatic carbocycles. The summed E-state index contributed by atoms with van der Waals surface area (Å²) in [4.78, 5) is 11.5. The quantitative estimate of drug-likeness (QED) is 0.642. The molecule has 0 saturated heterocycles. The molecule has 5 nitrogen and oxygen atoms in total. The Labute approximate surface area is 87.5 Å². The van der Waals surface area contributed by atoms with E-state index in [0.29, 0.717) is 16.9 Å². The number of carbonyl (C=O) groups excluding carboxylic acids is 1. The van der Waals surface area contributed by atoms with Crippen LogP contribution in [-0.4, -0.2) is 27.0 Å². The highest BCUT2D eigenvalue weighted by Crippen LogP contribution is 2.29. The van der Waals surface area contributed by atoms with Gasteiger partial charge >= 0.3 is 0 Å². The van der Waals surface area contributed by atoms with Gasteiger partial charge in [0.05, 0.1) is 5.69 Å². The van der Waals surface area contributed by atoms with Crippen molar-refractivity contribution in [2.45, 2.75) is 0 Å². The highest BCUT2D eigenvalue weighted by Gasteiger charge is 2.32. The maximum Gasteiger partial charge on any atom is 0.242 e. The van der Waals surface area contributed by atoms with Crippen LogP contribution in [0.2, 0.25) is 0 Å². The summed E-state index contributed by atoms with van der Waals surface area (Å²) >= 11 is 0. The molecule has 2 N–H and O–H groups in total. The van der Waals surface area contributed by atoms with Crippen molar-refractivity contribution >= 4 is 27.2 Å². The monoisotopic (exact) mass is 226 g/mol. The first-order valence-corrected chi connectivity index (χ1v) is 5.92. The number of anilines is 2. The van der Waals surface area contributed by atoms with Gasteiger partial charge in [-0.1, -0.05) is 0 Å². The van der Waals surface area contributed by atoms with Crippen LogP contribution in [0.4, 0.5) is 11.4 Å². The van der Waals surface area contributed by atoms with Crippen molar-refractivity contribution in [2.75, 3.05) is 22.8 Å². The first-order chi connectivity index (χ1) is 6.92. The van der Waals surface area contributed by atoms with Crippen molar-refractivity contribution in [1.29, 1.82) is 0 Å². The molecule has 6 heteroatoms. The molecule has 15 heavy (non-hydrogen) atoms. The number of rotatable bonds is 0. The molecule has 1 aromatic carbocycles. The smallest absolute Gasteiger partial charge is 0.242 e. The molecule has 0 bridgehead atoms. The van der Waals surface area contributed by atoms with Crippen LogP contribution >= 0.6 is 0 Å². The van der Waals surface area contributed by atoms with E-state index in [4.69, 9.17) is 5.73 Å². The summed E-state index contributed by atoms with van der Waals surface area (Å²) in [5, 5.41) is 0. The van der Waals surface area contributed by atoms with Crippen molar-refractivity contribution in [3.8, 4) is 0 Å². The lowest BCUT2D eigenvalue weighted by molar-refractivity contribution is 0.102. The Bertz CT molecular complexity index is 536. The van der Waals surface area contributed by atoms with Crippen LogP contribution in [0, 0.1) is 0 Å². The van der Waals surface area contributed by atoms with Gasteiger partial charge in [-0.3, -0.25) is 9.10 Å². The van der Waals surface area contributed by atoms with Gasteiger partial charge < -0.3 is 5.73 Å². The number of hydrogen-bond donors (Lipinski definition) is 1. The van der Waals surface area contributed by atoms with Crippen LogP contribution < -0.4 is 10.0 Å². The molecule has 80 valence electrons. The Hall–Kier alpha value is -1.56. The van der Waals surface area contributed by atoms with Crippen LogP contribution in [0.15, 0.2) is 18.2 Å². The van der Waals surface area contributed by atoms with E-state index in [9.17, 15) is 13.2 Å². The zero-order chi connectivity index (χ0) is 11.2. The molecule has 0 unspecified atom stereocenters. The van der Waals surface area contributed by atoms with Gasteiger partial charge in [0.15, 0.2) is 5.78 Å². The first kappa shape index (κ1) is 9.97. The summed E-state index contributed by atoms with van der Waals surface area (Å²) in [6.45, 7) is 0. The fourth-order valence-corrected chi connectivity index (χ4v) is 2.67. The minimum atomic E-state index is -3.51. The fraction of sp³-hybridized carbons (Fsp3) is 0.222. The van der Waals surface area contributed by atoms with Gasteiger partial charge in [-0.05, 0) is 18.2 Å². The molecular weight excluding hydrogens is 216 g/mol. The second kappa shape index (κ2) is 2.96. The van der Waals surface area contributed by atoms with Crippen LogP contribution in [-0.2, 0) is 10.0 Å². The van der Waals surface area contributed by atoms with E-state index in [-0.39, 0.29) is 5.78 Å². The molecular formula is C9H10N2O3S. The Balaban J connectivity index is 2.71.